The average molecular weight is 295 g/mol. The van der Waals surface area contributed by atoms with Crippen LogP contribution < -0.4 is 14.8 Å². The van der Waals surface area contributed by atoms with Gasteiger partial charge < -0.3 is 19.8 Å². The number of halogens is 1. The summed E-state index contributed by atoms with van der Waals surface area (Å²) in [5.41, 5.74) is 1.86. The molecule has 0 bridgehead atoms. The fourth-order valence-electron chi connectivity index (χ4n) is 1.85. The lowest BCUT2D eigenvalue weighted by Crippen LogP contribution is -2.13. The third-order valence-corrected chi connectivity index (χ3v) is 3.22. The monoisotopic (exact) mass is 294 g/mol. The Morgan fingerprint density at radius 3 is 2.50 bits per heavy atom. The predicted molar refractivity (Wildman–Crippen MR) is 78.0 cm³/mol. The molecule has 2 N–H and O–H groups in total. The van der Waals surface area contributed by atoms with Crippen molar-refractivity contribution in [3.8, 4) is 11.5 Å². The molecular formula is C14H15ClN2O3. The van der Waals surface area contributed by atoms with Gasteiger partial charge >= 0.3 is 0 Å². The van der Waals surface area contributed by atoms with Gasteiger partial charge in [0.1, 0.15) is 11.5 Å². The summed E-state index contributed by atoms with van der Waals surface area (Å²) in [5, 5.41) is 3.20. The van der Waals surface area contributed by atoms with Crippen molar-refractivity contribution in [2.45, 2.75) is 6.92 Å². The van der Waals surface area contributed by atoms with Crippen LogP contribution >= 0.6 is 11.6 Å². The zero-order chi connectivity index (χ0) is 14.7. The van der Waals surface area contributed by atoms with Crippen LogP contribution in [-0.4, -0.2) is 25.1 Å². The van der Waals surface area contributed by atoms with Gasteiger partial charge in [-0.15, -0.1) is 0 Å². The van der Waals surface area contributed by atoms with Crippen LogP contribution in [0.3, 0.4) is 0 Å². The molecule has 1 aromatic heterocycles. The van der Waals surface area contributed by atoms with E-state index in [0.717, 1.165) is 5.69 Å². The van der Waals surface area contributed by atoms with Gasteiger partial charge in [0, 0.05) is 24.0 Å². The molecule has 0 aliphatic carbocycles. The second-order valence-electron chi connectivity index (χ2n) is 4.16. The molecule has 1 heterocycles. The van der Waals surface area contributed by atoms with E-state index in [-0.39, 0.29) is 5.91 Å². The molecule has 0 aliphatic rings. The van der Waals surface area contributed by atoms with Crippen molar-refractivity contribution in [3.05, 3.63) is 40.7 Å². The first-order valence-electron chi connectivity index (χ1n) is 5.93. The van der Waals surface area contributed by atoms with Crippen molar-refractivity contribution in [1.82, 2.24) is 4.98 Å². The number of ether oxygens (including phenoxy) is 2. The first-order chi connectivity index (χ1) is 9.56. The summed E-state index contributed by atoms with van der Waals surface area (Å²) >= 11 is 6.02. The smallest absolute Gasteiger partial charge is 0.257 e. The summed E-state index contributed by atoms with van der Waals surface area (Å²) in [5.74, 6) is 0.706. The number of amides is 1. The minimum absolute atomic E-state index is 0.230. The van der Waals surface area contributed by atoms with Crippen LogP contribution in [0.2, 0.25) is 5.02 Å². The van der Waals surface area contributed by atoms with Gasteiger partial charge in [-0.25, -0.2) is 0 Å². The molecule has 106 valence electrons. The van der Waals surface area contributed by atoms with Crippen LogP contribution in [-0.2, 0) is 0 Å². The van der Waals surface area contributed by atoms with E-state index in [4.69, 9.17) is 21.1 Å². The summed E-state index contributed by atoms with van der Waals surface area (Å²) < 4.78 is 10.3. The van der Waals surface area contributed by atoms with Gasteiger partial charge in [0.25, 0.3) is 5.91 Å². The molecule has 20 heavy (non-hydrogen) atoms. The Labute approximate surface area is 121 Å². The maximum Gasteiger partial charge on any atom is 0.257 e. The number of carbonyl (C=O) groups excluding carboxylic acids is 1. The molecule has 0 fully saturated rings. The molecule has 0 saturated heterocycles. The average Bonchev–Trinajstić information content (AvgIpc) is 2.86. The molecule has 0 aliphatic heterocycles. The van der Waals surface area contributed by atoms with E-state index in [1.54, 1.807) is 24.4 Å². The van der Waals surface area contributed by atoms with Crippen LogP contribution in [0.25, 0.3) is 0 Å². The molecule has 0 atom stereocenters. The van der Waals surface area contributed by atoms with Crippen LogP contribution in [0.15, 0.2) is 24.4 Å². The number of benzene rings is 1. The molecule has 0 unspecified atom stereocenters. The highest BCUT2D eigenvalue weighted by Gasteiger charge is 2.15. The van der Waals surface area contributed by atoms with Crippen LogP contribution in [0, 0.1) is 6.92 Å². The van der Waals surface area contributed by atoms with E-state index >= 15 is 0 Å². The Balaban J connectivity index is 2.33. The first kappa shape index (κ1) is 14.3. The normalized spacial score (nSPS) is 10.2. The van der Waals surface area contributed by atoms with Crippen molar-refractivity contribution in [3.63, 3.8) is 0 Å². The van der Waals surface area contributed by atoms with Gasteiger partial charge in [-0.1, -0.05) is 11.6 Å². The summed E-state index contributed by atoms with van der Waals surface area (Å²) in [6, 6.07) is 4.94. The second kappa shape index (κ2) is 5.88. The molecule has 5 nitrogen and oxygen atoms in total. The van der Waals surface area contributed by atoms with Crippen molar-refractivity contribution in [1.29, 1.82) is 0 Å². The number of aryl methyl sites for hydroxylation is 1. The van der Waals surface area contributed by atoms with Crippen LogP contribution in [0.1, 0.15) is 16.1 Å². The topological polar surface area (TPSA) is 63.3 Å². The Morgan fingerprint density at radius 1 is 1.25 bits per heavy atom. The Morgan fingerprint density at radius 2 is 1.95 bits per heavy atom. The Hall–Kier alpha value is -2.14. The predicted octanol–water partition coefficient (Wildman–Crippen LogP) is 3.25. The second-order valence-corrected chi connectivity index (χ2v) is 4.56. The zero-order valence-corrected chi connectivity index (χ0v) is 12.2. The first-order valence-corrected chi connectivity index (χ1v) is 6.31. The summed E-state index contributed by atoms with van der Waals surface area (Å²) in [6.45, 7) is 1.83. The lowest BCUT2D eigenvalue weighted by Gasteiger charge is -2.13. The van der Waals surface area contributed by atoms with Gasteiger partial charge in [0.15, 0.2) is 0 Å². The number of H-pyrrole nitrogens is 1. The molecule has 0 saturated carbocycles. The van der Waals surface area contributed by atoms with Crippen molar-refractivity contribution in [2.75, 3.05) is 19.5 Å². The molecule has 0 spiro atoms. The third kappa shape index (κ3) is 2.72. The largest absolute Gasteiger partial charge is 0.495 e. The number of hydrogen-bond acceptors (Lipinski definition) is 3. The van der Waals surface area contributed by atoms with Gasteiger partial charge in [-0.2, -0.15) is 0 Å². The molecule has 2 aromatic rings. The fourth-order valence-corrected chi connectivity index (χ4v) is 2.08. The van der Waals surface area contributed by atoms with Crippen LogP contribution in [0.4, 0.5) is 5.69 Å². The number of nitrogens with one attached hydrogen (secondary N) is 2. The third-order valence-electron chi connectivity index (χ3n) is 2.92. The van der Waals surface area contributed by atoms with Crippen molar-refractivity contribution < 1.29 is 14.3 Å². The zero-order valence-electron chi connectivity index (χ0n) is 11.4. The molecule has 1 aromatic carbocycles. The maximum atomic E-state index is 12.2. The molecule has 1 amide bonds. The minimum Gasteiger partial charge on any atom is -0.495 e. The number of rotatable bonds is 4. The van der Waals surface area contributed by atoms with Gasteiger partial charge in [-0.3, -0.25) is 4.79 Å². The van der Waals surface area contributed by atoms with E-state index < -0.39 is 0 Å². The Kier molecular flexibility index (Phi) is 4.20. The van der Waals surface area contributed by atoms with E-state index in [0.29, 0.717) is 27.8 Å². The van der Waals surface area contributed by atoms with Gasteiger partial charge in [0.2, 0.25) is 0 Å². The summed E-state index contributed by atoms with van der Waals surface area (Å²) in [7, 11) is 3.02. The van der Waals surface area contributed by atoms with Gasteiger partial charge in [-0.05, 0) is 13.0 Å². The fraction of sp³-hybridized carbons (Fsp3) is 0.214. The van der Waals surface area contributed by atoms with E-state index in [1.165, 1.54) is 14.2 Å². The van der Waals surface area contributed by atoms with Gasteiger partial charge in [0.05, 0.1) is 30.5 Å². The maximum absolute atomic E-state index is 12.2. The van der Waals surface area contributed by atoms with Crippen LogP contribution in [0.5, 0.6) is 11.5 Å². The number of carbonyl (C=O) groups is 1. The highest BCUT2D eigenvalue weighted by atomic mass is 35.5. The highest BCUT2D eigenvalue weighted by molar-refractivity contribution is 6.32. The summed E-state index contributed by atoms with van der Waals surface area (Å²) in [4.78, 5) is 15.1. The molecular weight excluding hydrogens is 280 g/mol. The van der Waals surface area contributed by atoms with Crippen molar-refractivity contribution in [2.24, 2.45) is 0 Å². The van der Waals surface area contributed by atoms with E-state index in [2.05, 4.69) is 10.3 Å². The van der Waals surface area contributed by atoms with E-state index in [9.17, 15) is 4.79 Å². The summed E-state index contributed by atoms with van der Waals surface area (Å²) in [6.07, 6.45) is 1.71. The molecule has 0 radical (unpaired) electrons. The molecule has 6 heteroatoms. The number of aromatic nitrogens is 1. The van der Waals surface area contributed by atoms with E-state index in [1.807, 2.05) is 6.92 Å². The number of methoxy groups -OCH3 is 2. The highest BCUT2D eigenvalue weighted by Crippen LogP contribution is 2.36. The number of hydrogen-bond donors (Lipinski definition) is 2. The van der Waals surface area contributed by atoms with Crippen molar-refractivity contribution >= 4 is 23.2 Å². The minimum atomic E-state index is -0.230. The Bertz CT molecular complexity index is 637. The lowest BCUT2D eigenvalue weighted by atomic mass is 10.2. The number of aromatic amines is 1. The SMILES string of the molecule is COc1cc(NC(=O)c2cc[nH]c2C)c(OC)cc1Cl. The lowest BCUT2D eigenvalue weighted by molar-refractivity contribution is 0.102. The standard InChI is InChI=1S/C14H15ClN2O3/c1-8-9(4-5-16-8)14(18)17-11-7-12(19-2)10(15)6-13(11)20-3/h4-7,16H,1-3H3,(H,17,18). The quantitative estimate of drug-likeness (QED) is 0.910. The molecule has 2 rings (SSSR count). The number of anilines is 1.